The minimum Gasteiger partial charge on any atom is -0.480 e. The van der Waals surface area contributed by atoms with Crippen LogP contribution >= 0.6 is 0 Å². The molecule has 38 heavy (non-hydrogen) atoms. The van der Waals surface area contributed by atoms with Gasteiger partial charge in [-0.2, -0.15) is 0 Å². The van der Waals surface area contributed by atoms with E-state index in [1.165, 1.54) is 89.9 Å². The fourth-order valence-corrected chi connectivity index (χ4v) is 4.85. The van der Waals surface area contributed by atoms with Gasteiger partial charge in [0.25, 0.3) is 0 Å². The number of hydrogen-bond acceptors (Lipinski definition) is 4. The Kier molecular flexibility index (Phi) is 27.2. The summed E-state index contributed by atoms with van der Waals surface area (Å²) < 4.78 is 5.79. The maximum atomic E-state index is 12.3. The third kappa shape index (κ3) is 27.4. The maximum Gasteiger partial charge on any atom is 0.322 e. The summed E-state index contributed by atoms with van der Waals surface area (Å²) in [5.41, 5.74) is 0. The molecule has 0 heterocycles. The van der Waals surface area contributed by atoms with Crippen molar-refractivity contribution in [3.63, 3.8) is 0 Å². The molecule has 0 aliphatic carbocycles. The lowest BCUT2D eigenvalue weighted by atomic mass is 10.0. The van der Waals surface area contributed by atoms with Gasteiger partial charge in [-0.25, -0.2) is 0 Å². The molecule has 6 nitrogen and oxygen atoms in total. The molecule has 1 amide bonds. The van der Waals surface area contributed by atoms with Gasteiger partial charge in [0.15, 0.2) is 0 Å². The molecule has 0 rings (SSSR count). The Morgan fingerprint density at radius 1 is 0.579 bits per heavy atom. The van der Waals surface area contributed by atoms with Gasteiger partial charge >= 0.3 is 11.9 Å². The molecule has 0 aromatic carbocycles. The van der Waals surface area contributed by atoms with Crippen molar-refractivity contribution < 1.29 is 24.2 Å². The molecule has 6 heteroatoms. The molecule has 224 valence electrons. The standard InChI is InChI=1S/C32H61NO5/c1-3-5-7-8-9-10-11-12-13-14-15-16-17-18-19-23-27-32(37)38-29(24-6-4-2)25-21-20-22-26-30(34)33-28-31(35)36/h29H,3-28H2,1-2H3,(H,33,34)(H,35,36). The van der Waals surface area contributed by atoms with Gasteiger partial charge in [-0.05, 0) is 32.1 Å². The van der Waals surface area contributed by atoms with E-state index in [1.54, 1.807) is 0 Å². The molecule has 0 aromatic heterocycles. The first-order valence-electron chi connectivity index (χ1n) is 16.2. The van der Waals surface area contributed by atoms with Gasteiger partial charge in [-0.3, -0.25) is 14.4 Å². The molecule has 0 aliphatic rings. The fourth-order valence-electron chi connectivity index (χ4n) is 4.85. The number of aliphatic carboxylic acids is 1. The Balaban J connectivity index is 3.68. The van der Waals surface area contributed by atoms with E-state index in [1.807, 2.05) is 0 Å². The van der Waals surface area contributed by atoms with Crippen molar-refractivity contribution in [2.24, 2.45) is 0 Å². The SMILES string of the molecule is CCCCCCCCCCCCCCCCCCC(=O)OC(CCCC)CCCCCC(=O)NCC(=O)O. The monoisotopic (exact) mass is 539 g/mol. The van der Waals surface area contributed by atoms with Crippen molar-refractivity contribution >= 4 is 17.8 Å². The van der Waals surface area contributed by atoms with Crippen LogP contribution in [0, 0.1) is 0 Å². The second-order valence-electron chi connectivity index (χ2n) is 11.1. The molecule has 1 atom stereocenters. The number of carbonyl (C=O) groups is 3. The summed E-state index contributed by atoms with van der Waals surface area (Å²) in [6.07, 6.45) is 28.4. The van der Waals surface area contributed by atoms with Gasteiger partial charge < -0.3 is 15.2 Å². The Bertz CT molecular complexity index is 566. The van der Waals surface area contributed by atoms with Crippen LogP contribution in [0.15, 0.2) is 0 Å². The zero-order valence-corrected chi connectivity index (χ0v) is 25.0. The van der Waals surface area contributed by atoms with E-state index in [-0.39, 0.29) is 24.5 Å². The highest BCUT2D eigenvalue weighted by molar-refractivity contribution is 5.80. The van der Waals surface area contributed by atoms with Gasteiger partial charge in [0.05, 0.1) is 0 Å². The predicted molar refractivity (Wildman–Crippen MR) is 157 cm³/mol. The maximum absolute atomic E-state index is 12.3. The van der Waals surface area contributed by atoms with E-state index in [4.69, 9.17) is 9.84 Å². The molecular formula is C32H61NO5. The van der Waals surface area contributed by atoms with E-state index in [9.17, 15) is 14.4 Å². The van der Waals surface area contributed by atoms with Crippen LogP contribution in [0.1, 0.15) is 174 Å². The number of carbonyl (C=O) groups excluding carboxylic acids is 2. The lowest BCUT2D eigenvalue weighted by Crippen LogP contribution is -2.28. The topological polar surface area (TPSA) is 92.7 Å². The van der Waals surface area contributed by atoms with Crippen LogP contribution in [0.2, 0.25) is 0 Å². The number of esters is 1. The fraction of sp³-hybridized carbons (Fsp3) is 0.906. The Morgan fingerprint density at radius 2 is 1.00 bits per heavy atom. The van der Waals surface area contributed by atoms with Crippen molar-refractivity contribution in [1.82, 2.24) is 5.32 Å². The largest absolute Gasteiger partial charge is 0.480 e. The van der Waals surface area contributed by atoms with Crippen molar-refractivity contribution in [3.05, 3.63) is 0 Å². The average Bonchev–Trinajstić information content (AvgIpc) is 2.89. The number of amides is 1. The van der Waals surface area contributed by atoms with Gasteiger partial charge in [-0.1, -0.05) is 129 Å². The van der Waals surface area contributed by atoms with Gasteiger partial charge in [-0.15, -0.1) is 0 Å². The lowest BCUT2D eigenvalue weighted by molar-refractivity contribution is -0.150. The summed E-state index contributed by atoms with van der Waals surface area (Å²) in [5.74, 6) is -1.32. The van der Waals surface area contributed by atoms with E-state index in [2.05, 4.69) is 19.2 Å². The quantitative estimate of drug-likeness (QED) is 0.0731. The second-order valence-corrected chi connectivity index (χ2v) is 11.1. The summed E-state index contributed by atoms with van der Waals surface area (Å²) >= 11 is 0. The van der Waals surface area contributed by atoms with Crippen LogP contribution in [0.4, 0.5) is 0 Å². The molecule has 0 aromatic rings. The summed E-state index contributed by atoms with van der Waals surface area (Å²) in [6.45, 7) is 4.09. The number of hydrogen-bond donors (Lipinski definition) is 2. The van der Waals surface area contributed by atoms with E-state index in [0.717, 1.165) is 57.8 Å². The van der Waals surface area contributed by atoms with Crippen LogP contribution in [0.3, 0.4) is 0 Å². The number of carboxylic acids is 1. The average molecular weight is 540 g/mol. The molecular weight excluding hydrogens is 478 g/mol. The van der Waals surface area contributed by atoms with E-state index in [0.29, 0.717) is 12.8 Å². The third-order valence-electron chi connectivity index (χ3n) is 7.28. The lowest BCUT2D eigenvalue weighted by Gasteiger charge is -2.18. The Labute approximate surface area is 234 Å². The zero-order valence-electron chi connectivity index (χ0n) is 25.0. The van der Waals surface area contributed by atoms with Crippen molar-refractivity contribution in [2.45, 2.75) is 180 Å². The molecule has 0 radical (unpaired) electrons. The summed E-state index contributed by atoms with van der Waals surface area (Å²) in [4.78, 5) is 34.4. The Hall–Kier alpha value is -1.59. The first-order valence-corrected chi connectivity index (χ1v) is 16.2. The van der Waals surface area contributed by atoms with Crippen molar-refractivity contribution in [1.29, 1.82) is 0 Å². The number of ether oxygens (including phenoxy) is 1. The highest BCUT2D eigenvalue weighted by Crippen LogP contribution is 2.17. The highest BCUT2D eigenvalue weighted by atomic mass is 16.5. The number of unbranched alkanes of at least 4 members (excludes halogenated alkanes) is 18. The summed E-state index contributed by atoms with van der Waals surface area (Å²) in [6, 6.07) is 0. The van der Waals surface area contributed by atoms with Crippen LogP contribution in [-0.4, -0.2) is 35.6 Å². The molecule has 0 spiro atoms. The minimum absolute atomic E-state index is 0.0238. The second kappa shape index (κ2) is 28.4. The van der Waals surface area contributed by atoms with Gasteiger partial charge in [0, 0.05) is 12.8 Å². The Morgan fingerprint density at radius 3 is 1.50 bits per heavy atom. The summed E-state index contributed by atoms with van der Waals surface area (Å²) in [5, 5.41) is 11.0. The molecule has 0 saturated heterocycles. The number of rotatable bonds is 29. The molecule has 2 N–H and O–H groups in total. The summed E-state index contributed by atoms with van der Waals surface area (Å²) in [7, 11) is 0. The normalized spacial score (nSPS) is 11.8. The van der Waals surface area contributed by atoms with Gasteiger partial charge in [0.2, 0.25) is 5.91 Å². The minimum atomic E-state index is -1.03. The van der Waals surface area contributed by atoms with Crippen molar-refractivity contribution in [3.8, 4) is 0 Å². The first-order chi connectivity index (χ1) is 18.5. The van der Waals surface area contributed by atoms with E-state index < -0.39 is 5.97 Å². The smallest absolute Gasteiger partial charge is 0.322 e. The number of carboxylic acid groups (broad SMARTS) is 1. The molecule has 0 saturated carbocycles. The zero-order chi connectivity index (χ0) is 28.1. The number of nitrogens with one attached hydrogen (secondary N) is 1. The van der Waals surface area contributed by atoms with Crippen LogP contribution in [-0.2, 0) is 19.1 Å². The van der Waals surface area contributed by atoms with Crippen LogP contribution in [0.25, 0.3) is 0 Å². The van der Waals surface area contributed by atoms with Crippen molar-refractivity contribution in [2.75, 3.05) is 6.54 Å². The van der Waals surface area contributed by atoms with Gasteiger partial charge in [0.1, 0.15) is 12.6 Å². The molecule has 0 aliphatic heterocycles. The van der Waals surface area contributed by atoms with Crippen LogP contribution in [0.5, 0.6) is 0 Å². The highest BCUT2D eigenvalue weighted by Gasteiger charge is 2.14. The van der Waals surface area contributed by atoms with E-state index >= 15 is 0 Å². The predicted octanol–water partition coefficient (Wildman–Crippen LogP) is 8.89. The van der Waals surface area contributed by atoms with Crippen LogP contribution < -0.4 is 5.32 Å². The molecule has 1 unspecified atom stereocenters. The molecule has 0 fully saturated rings. The molecule has 0 bridgehead atoms. The first kappa shape index (κ1) is 36.4. The third-order valence-corrected chi connectivity index (χ3v) is 7.28.